The number of nitrogens with zero attached hydrogens (tertiary/aromatic N) is 3. The smallest absolute Gasteiger partial charge is 0.262 e. The van der Waals surface area contributed by atoms with Gasteiger partial charge in [0.1, 0.15) is 17.2 Å². The molecular weight excluding hydrogens is 344 g/mol. The quantitative estimate of drug-likeness (QED) is 0.767. The van der Waals surface area contributed by atoms with Crippen molar-refractivity contribution >= 4 is 17.4 Å². The maximum Gasteiger partial charge on any atom is 0.262 e. The summed E-state index contributed by atoms with van der Waals surface area (Å²) in [7, 11) is 1.55. The summed E-state index contributed by atoms with van der Waals surface area (Å²) in [5, 5.41) is 2.83. The van der Waals surface area contributed by atoms with E-state index in [1.54, 1.807) is 25.4 Å². The topological polar surface area (TPSA) is 77.8 Å². The van der Waals surface area contributed by atoms with Crippen LogP contribution in [0.3, 0.4) is 0 Å². The maximum atomic E-state index is 12.8. The molecule has 3 aromatic heterocycles. The van der Waals surface area contributed by atoms with E-state index in [-0.39, 0.29) is 5.91 Å². The predicted octanol–water partition coefficient (Wildman–Crippen LogP) is 3.19. The third-order valence-corrected chi connectivity index (χ3v) is 4.81. The Bertz CT molecular complexity index is 977. The predicted molar refractivity (Wildman–Crippen MR) is 101 cm³/mol. The van der Waals surface area contributed by atoms with Crippen LogP contribution in [-0.4, -0.2) is 40.6 Å². The molecule has 4 rings (SSSR count). The first-order valence-electron chi connectivity index (χ1n) is 9.03. The van der Waals surface area contributed by atoms with Crippen molar-refractivity contribution in [3.8, 4) is 5.75 Å². The number of ether oxygens (including phenoxy) is 2. The Morgan fingerprint density at radius 1 is 1.26 bits per heavy atom. The Morgan fingerprint density at radius 3 is 2.81 bits per heavy atom. The van der Waals surface area contributed by atoms with Gasteiger partial charge in [-0.05, 0) is 31.9 Å². The molecule has 0 bridgehead atoms. The van der Waals surface area contributed by atoms with E-state index in [4.69, 9.17) is 14.5 Å². The zero-order chi connectivity index (χ0) is 18.8. The summed E-state index contributed by atoms with van der Waals surface area (Å²) in [6.45, 7) is 3.41. The second-order valence-corrected chi connectivity index (χ2v) is 6.69. The molecule has 0 aliphatic carbocycles. The molecular formula is C20H22N4O3. The standard InChI is InChI=1S/C20H22N4O3/c1-13-4-3-5-18(21-13)23-20(25)15-11-24-12-16(14-6-8-27-9-7-14)22-19(24)10-17(15)26-2/h3-5,10-12,14H,6-9H2,1-2H3,(H,21,23,25). The van der Waals surface area contributed by atoms with Gasteiger partial charge in [-0.25, -0.2) is 9.97 Å². The minimum absolute atomic E-state index is 0.270. The Morgan fingerprint density at radius 2 is 2.07 bits per heavy atom. The van der Waals surface area contributed by atoms with E-state index in [1.807, 2.05) is 29.7 Å². The van der Waals surface area contributed by atoms with Gasteiger partial charge >= 0.3 is 0 Å². The van der Waals surface area contributed by atoms with Crippen molar-refractivity contribution in [2.45, 2.75) is 25.7 Å². The van der Waals surface area contributed by atoms with Crippen LogP contribution in [-0.2, 0) is 4.74 Å². The number of aromatic nitrogens is 3. The average Bonchev–Trinajstić information content (AvgIpc) is 3.10. The number of methoxy groups -OCH3 is 1. The van der Waals surface area contributed by atoms with E-state index < -0.39 is 0 Å². The lowest BCUT2D eigenvalue weighted by Gasteiger charge is -2.19. The van der Waals surface area contributed by atoms with Crippen molar-refractivity contribution in [2.75, 3.05) is 25.6 Å². The Hall–Kier alpha value is -2.93. The summed E-state index contributed by atoms with van der Waals surface area (Å²) in [4.78, 5) is 21.8. The number of imidazole rings is 1. The van der Waals surface area contributed by atoms with Crippen LogP contribution in [0.25, 0.3) is 5.65 Å². The fourth-order valence-electron chi connectivity index (χ4n) is 3.36. The third-order valence-electron chi connectivity index (χ3n) is 4.81. The lowest BCUT2D eigenvalue weighted by molar-refractivity contribution is 0.0846. The molecule has 0 aromatic carbocycles. The van der Waals surface area contributed by atoms with Crippen LogP contribution >= 0.6 is 0 Å². The number of fused-ring (bicyclic) bond motifs is 1. The summed E-state index contributed by atoms with van der Waals surface area (Å²) in [6, 6.07) is 7.29. The summed E-state index contributed by atoms with van der Waals surface area (Å²) in [5.74, 6) is 1.11. The highest BCUT2D eigenvalue weighted by atomic mass is 16.5. The van der Waals surface area contributed by atoms with E-state index in [0.29, 0.717) is 23.0 Å². The molecule has 27 heavy (non-hydrogen) atoms. The number of hydrogen-bond acceptors (Lipinski definition) is 5. The van der Waals surface area contributed by atoms with Crippen LogP contribution in [0.1, 0.15) is 40.5 Å². The molecule has 140 valence electrons. The number of anilines is 1. The van der Waals surface area contributed by atoms with Gasteiger partial charge in [-0.3, -0.25) is 4.79 Å². The van der Waals surface area contributed by atoms with Crippen molar-refractivity contribution in [2.24, 2.45) is 0 Å². The average molecular weight is 366 g/mol. The molecule has 4 heterocycles. The van der Waals surface area contributed by atoms with Gasteiger partial charge in [0.25, 0.3) is 5.91 Å². The number of carbonyl (C=O) groups is 1. The van der Waals surface area contributed by atoms with Gasteiger partial charge in [0.05, 0.1) is 18.4 Å². The van der Waals surface area contributed by atoms with Crippen LogP contribution in [0, 0.1) is 6.92 Å². The number of rotatable bonds is 4. The van der Waals surface area contributed by atoms with Gasteiger partial charge in [-0.1, -0.05) is 6.07 Å². The molecule has 1 aliphatic heterocycles. The van der Waals surface area contributed by atoms with Gasteiger partial charge < -0.3 is 19.2 Å². The Kier molecular flexibility index (Phi) is 4.77. The minimum atomic E-state index is -0.270. The van der Waals surface area contributed by atoms with E-state index in [1.165, 1.54) is 0 Å². The van der Waals surface area contributed by atoms with E-state index >= 15 is 0 Å². The molecule has 0 radical (unpaired) electrons. The summed E-state index contributed by atoms with van der Waals surface area (Å²) < 4.78 is 12.8. The third kappa shape index (κ3) is 3.64. The number of carbonyl (C=O) groups excluding carboxylic acids is 1. The first-order chi connectivity index (χ1) is 13.1. The number of amides is 1. The van der Waals surface area contributed by atoms with Crippen LogP contribution in [0.4, 0.5) is 5.82 Å². The van der Waals surface area contributed by atoms with Crippen LogP contribution in [0.5, 0.6) is 5.75 Å². The summed E-state index contributed by atoms with van der Waals surface area (Å²) >= 11 is 0. The first kappa shape index (κ1) is 17.5. The van der Waals surface area contributed by atoms with Crippen molar-refractivity contribution < 1.29 is 14.3 Å². The zero-order valence-corrected chi connectivity index (χ0v) is 15.4. The number of pyridine rings is 2. The largest absolute Gasteiger partial charge is 0.496 e. The van der Waals surface area contributed by atoms with Crippen molar-refractivity contribution in [1.29, 1.82) is 0 Å². The van der Waals surface area contributed by atoms with Gasteiger partial charge in [-0.2, -0.15) is 0 Å². The number of aryl methyl sites for hydroxylation is 1. The molecule has 0 spiro atoms. The SMILES string of the molecule is COc1cc2nc(C3CCOCC3)cn2cc1C(=O)Nc1cccc(C)n1. The molecule has 0 saturated carbocycles. The molecule has 1 aliphatic rings. The van der Waals surface area contributed by atoms with Gasteiger partial charge in [0, 0.05) is 43.3 Å². The van der Waals surface area contributed by atoms with Crippen LogP contribution in [0.15, 0.2) is 36.7 Å². The van der Waals surface area contributed by atoms with Gasteiger partial charge in [0.15, 0.2) is 0 Å². The monoisotopic (exact) mass is 366 g/mol. The molecule has 1 fully saturated rings. The molecule has 1 amide bonds. The van der Waals surface area contributed by atoms with E-state index in [2.05, 4.69) is 10.3 Å². The molecule has 0 atom stereocenters. The lowest BCUT2D eigenvalue weighted by Crippen LogP contribution is -2.15. The second kappa shape index (κ2) is 7.36. The molecule has 7 nitrogen and oxygen atoms in total. The lowest BCUT2D eigenvalue weighted by atomic mass is 9.97. The fraction of sp³-hybridized carbons (Fsp3) is 0.350. The molecule has 1 N–H and O–H groups in total. The van der Waals surface area contributed by atoms with Crippen LogP contribution in [0.2, 0.25) is 0 Å². The Labute approximate surface area is 157 Å². The fourth-order valence-corrected chi connectivity index (χ4v) is 3.36. The number of hydrogen-bond donors (Lipinski definition) is 1. The molecule has 3 aromatic rings. The second-order valence-electron chi connectivity index (χ2n) is 6.69. The van der Waals surface area contributed by atoms with Crippen molar-refractivity contribution in [3.63, 3.8) is 0 Å². The maximum absolute atomic E-state index is 12.8. The van der Waals surface area contributed by atoms with Crippen LogP contribution < -0.4 is 10.1 Å². The van der Waals surface area contributed by atoms with Crippen molar-refractivity contribution in [3.05, 3.63) is 53.6 Å². The molecule has 7 heteroatoms. The van der Waals surface area contributed by atoms with E-state index in [0.717, 1.165) is 43.1 Å². The summed E-state index contributed by atoms with van der Waals surface area (Å²) in [6.07, 6.45) is 5.68. The highest BCUT2D eigenvalue weighted by Gasteiger charge is 2.21. The highest BCUT2D eigenvalue weighted by Crippen LogP contribution is 2.28. The zero-order valence-electron chi connectivity index (χ0n) is 15.4. The summed E-state index contributed by atoms with van der Waals surface area (Å²) in [5.41, 5.74) is 3.06. The normalized spacial score (nSPS) is 15.0. The molecule has 1 saturated heterocycles. The Balaban J connectivity index is 1.65. The minimum Gasteiger partial charge on any atom is -0.496 e. The van der Waals surface area contributed by atoms with Crippen molar-refractivity contribution in [1.82, 2.24) is 14.4 Å². The van der Waals surface area contributed by atoms with Gasteiger partial charge in [0.2, 0.25) is 0 Å². The van der Waals surface area contributed by atoms with Gasteiger partial charge in [-0.15, -0.1) is 0 Å². The highest BCUT2D eigenvalue weighted by molar-refractivity contribution is 6.05. The molecule has 0 unspecified atom stereocenters. The first-order valence-corrected chi connectivity index (χ1v) is 9.03. The van der Waals surface area contributed by atoms with E-state index in [9.17, 15) is 4.79 Å². The number of nitrogens with one attached hydrogen (secondary N) is 1.